The summed E-state index contributed by atoms with van der Waals surface area (Å²) in [6, 6.07) is 5.70. The quantitative estimate of drug-likeness (QED) is 0.721. The highest BCUT2D eigenvalue weighted by Crippen LogP contribution is 2.36. The van der Waals surface area contributed by atoms with Crippen molar-refractivity contribution in [2.45, 2.75) is 26.7 Å². The van der Waals surface area contributed by atoms with Gasteiger partial charge in [0.05, 0.1) is 31.2 Å². The number of nitrogens with zero attached hydrogens (tertiary/aromatic N) is 4. The van der Waals surface area contributed by atoms with E-state index in [2.05, 4.69) is 22.2 Å². The van der Waals surface area contributed by atoms with Gasteiger partial charge in [-0.25, -0.2) is 4.52 Å². The molecule has 0 N–H and O–H groups in total. The number of carbonyl (C=O) groups excluding carboxylic acids is 1. The second-order valence-electron chi connectivity index (χ2n) is 6.70. The first kappa shape index (κ1) is 16.5. The summed E-state index contributed by atoms with van der Waals surface area (Å²) in [6.45, 7) is 4.00. The van der Waals surface area contributed by atoms with Gasteiger partial charge < -0.3 is 9.47 Å². The van der Waals surface area contributed by atoms with E-state index in [0.717, 1.165) is 28.9 Å². The van der Waals surface area contributed by atoms with Gasteiger partial charge in [0, 0.05) is 6.42 Å². The van der Waals surface area contributed by atoms with Crippen molar-refractivity contribution < 1.29 is 14.3 Å². The van der Waals surface area contributed by atoms with Crippen molar-refractivity contribution >= 4 is 11.4 Å². The lowest BCUT2D eigenvalue weighted by Gasteiger charge is -2.19. The Morgan fingerprint density at radius 2 is 1.88 bits per heavy atom. The lowest BCUT2D eigenvalue weighted by Crippen LogP contribution is -2.23. The molecule has 1 aliphatic rings. The van der Waals surface area contributed by atoms with E-state index < -0.39 is 0 Å². The van der Waals surface area contributed by atoms with Gasteiger partial charge in [-0.15, -0.1) is 10.2 Å². The average molecular weight is 352 g/mol. The van der Waals surface area contributed by atoms with Gasteiger partial charge in [0.2, 0.25) is 0 Å². The van der Waals surface area contributed by atoms with Crippen molar-refractivity contribution in [3.63, 3.8) is 0 Å². The molecule has 0 unspecified atom stereocenters. The van der Waals surface area contributed by atoms with Crippen LogP contribution in [0.15, 0.2) is 18.2 Å². The van der Waals surface area contributed by atoms with Crippen molar-refractivity contribution in [3.8, 4) is 22.6 Å². The lowest BCUT2D eigenvalue weighted by molar-refractivity contribution is 0.0944. The van der Waals surface area contributed by atoms with Gasteiger partial charge in [-0.1, -0.05) is 13.0 Å². The lowest BCUT2D eigenvalue weighted by atomic mass is 9.90. The van der Waals surface area contributed by atoms with Gasteiger partial charge in [-0.05, 0) is 37.0 Å². The smallest absolute Gasteiger partial charge is 0.185 e. The molecule has 0 radical (unpaired) electrons. The van der Waals surface area contributed by atoms with E-state index in [0.29, 0.717) is 29.3 Å². The number of aryl methyl sites for hydroxylation is 1. The number of hydrogen-bond donors (Lipinski definition) is 0. The largest absolute Gasteiger partial charge is 0.493 e. The van der Waals surface area contributed by atoms with Gasteiger partial charge in [-0.2, -0.15) is 5.10 Å². The molecule has 3 aromatic rings. The monoisotopic (exact) mass is 352 g/mol. The number of Topliss-reactive ketones (excluding diaryl/α,β-unsaturated/α-hetero) is 1. The van der Waals surface area contributed by atoms with Crippen LogP contribution in [-0.2, 0) is 6.42 Å². The van der Waals surface area contributed by atoms with Crippen LogP contribution in [0.4, 0.5) is 0 Å². The van der Waals surface area contributed by atoms with Crippen LogP contribution in [0.2, 0.25) is 0 Å². The van der Waals surface area contributed by atoms with E-state index in [1.807, 2.05) is 25.1 Å². The molecule has 134 valence electrons. The maximum absolute atomic E-state index is 12.3. The van der Waals surface area contributed by atoms with E-state index >= 15 is 0 Å². The molecule has 0 saturated heterocycles. The molecule has 2 aromatic heterocycles. The molecule has 4 rings (SSSR count). The number of hydrogen-bond acceptors (Lipinski definition) is 6. The fourth-order valence-corrected chi connectivity index (χ4v) is 3.60. The number of ketones is 1. The third-order valence-corrected chi connectivity index (χ3v) is 4.82. The molecule has 0 bridgehead atoms. The number of fused-ring (bicyclic) bond motifs is 3. The maximum atomic E-state index is 12.3. The first-order valence-electron chi connectivity index (χ1n) is 8.54. The summed E-state index contributed by atoms with van der Waals surface area (Å²) >= 11 is 0. The molecule has 2 heterocycles. The molecular weight excluding hydrogens is 332 g/mol. The Bertz CT molecular complexity index is 1030. The Hall–Kier alpha value is -2.96. The molecule has 26 heavy (non-hydrogen) atoms. The highest BCUT2D eigenvalue weighted by Gasteiger charge is 2.28. The fourth-order valence-electron chi connectivity index (χ4n) is 3.60. The molecule has 0 saturated carbocycles. The molecule has 0 amide bonds. The number of benzene rings is 1. The first-order chi connectivity index (χ1) is 12.5. The van der Waals surface area contributed by atoms with Crippen molar-refractivity contribution in [2.75, 3.05) is 14.2 Å². The Labute approximate surface area is 151 Å². The van der Waals surface area contributed by atoms with E-state index in [1.54, 1.807) is 18.7 Å². The van der Waals surface area contributed by atoms with E-state index in [1.165, 1.54) is 0 Å². The van der Waals surface area contributed by atoms with Gasteiger partial charge in [0.15, 0.2) is 28.6 Å². The molecule has 1 aromatic carbocycles. The summed E-state index contributed by atoms with van der Waals surface area (Å²) in [4.78, 5) is 12.3. The predicted octanol–water partition coefficient (Wildman–Crippen LogP) is 2.88. The van der Waals surface area contributed by atoms with Crippen LogP contribution >= 0.6 is 0 Å². The fraction of sp³-hybridized carbons (Fsp3) is 0.368. The van der Waals surface area contributed by atoms with Crippen molar-refractivity contribution in [1.29, 1.82) is 0 Å². The van der Waals surface area contributed by atoms with Crippen molar-refractivity contribution in [3.05, 3.63) is 35.3 Å². The van der Waals surface area contributed by atoms with Crippen LogP contribution in [-0.4, -0.2) is 39.8 Å². The average Bonchev–Trinajstić information content (AvgIpc) is 2.97. The molecule has 0 spiro atoms. The van der Waals surface area contributed by atoms with Crippen LogP contribution in [0.3, 0.4) is 0 Å². The van der Waals surface area contributed by atoms with Gasteiger partial charge in [-0.3, -0.25) is 4.79 Å². The number of methoxy groups -OCH3 is 2. The number of carbonyl (C=O) groups is 1. The SMILES string of the molecule is COc1ccc(-c2c(C)nn3c4c(nnc23)C(=O)C[C@@H](C)C4)cc1OC. The van der Waals surface area contributed by atoms with Crippen molar-refractivity contribution in [2.24, 2.45) is 5.92 Å². The summed E-state index contributed by atoms with van der Waals surface area (Å²) in [5.74, 6) is 1.61. The molecule has 0 aliphatic heterocycles. The summed E-state index contributed by atoms with van der Waals surface area (Å²) in [5, 5.41) is 13.2. The third kappa shape index (κ3) is 2.42. The molecule has 0 fully saturated rings. The predicted molar refractivity (Wildman–Crippen MR) is 95.9 cm³/mol. The number of rotatable bonds is 3. The molecule has 1 atom stereocenters. The van der Waals surface area contributed by atoms with Crippen LogP contribution in [0.1, 0.15) is 35.2 Å². The highest BCUT2D eigenvalue weighted by atomic mass is 16.5. The van der Waals surface area contributed by atoms with E-state index in [4.69, 9.17) is 9.47 Å². The zero-order chi connectivity index (χ0) is 18.4. The van der Waals surface area contributed by atoms with Crippen LogP contribution in [0.5, 0.6) is 11.5 Å². The summed E-state index contributed by atoms with van der Waals surface area (Å²) in [7, 11) is 3.21. The Kier molecular flexibility index (Phi) is 3.86. The van der Waals surface area contributed by atoms with Crippen molar-refractivity contribution in [1.82, 2.24) is 19.8 Å². The zero-order valence-electron chi connectivity index (χ0n) is 15.2. The zero-order valence-corrected chi connectivity index (χ0v) is 15.2. The second-order valence-corrected chi connectivity index (χ2v) is 6.70. The van der Waals surface area contributed by atoms with Gasteiger partial charge in [0.25, 0.3) is 0 Å². The molecular formula is C19H20N4O3. The minimum atomic E-state index is 0.0361. The first-order valence-corrected chi connectivity index (χ1v) is 8.54. The molecule has 7 heteroatoms. The summed E-state index contributed by atoms with van der Waals surface area (Å²) < 4.78 is 12.5. The van der Waals surface area contributed by atoms with Crippen LogP contribution < -0.4 is 9.47 Å². The minimum Gasteiger partial charge on any atom is -0.493 e. The Morgan fingerprint density at radius 3 is 2.62 bits per heavy atom. The second kappa shape index (κ2) is 6.09. The standard InChI is InChI=1S/C19H20N4O3/c1-10-7-13-18(14(24)8-10)20-21-19-17(11(2)22-23(13)19)12-5-6-15(25-3)16(9-12)26-4/h5-6,9-10H,7-8H2,1-4H3/t10-/m0/s1. The number of ether oxygens (including phenoxy) is 2. The van der Waals surface area contributed by atoms with Gasteiger partial charge in [0.1, 0.15) is 0 Å². The third-order valence-electron chi connectivity index (χ3n) is 4.82. The Balaban J connectivity index is 1.94. The minimum absolute atomic E-state index is 0.0361. The molecule has 1 aliphatic carbocycles. The topological polar surface area (TPSA) is 78.6 Å². The van der Waals surface area contributed by atoms with E-state index in [9.17, 15) is 4.79 Å². The van der Waals surface area contributed by atoms with Crippen LogP contribution in [0, 0.1) is 12.8 Å². The maximum Gasteiger partial charge on any atom is 0.185 e. The normalized spacial score (nSPS) is 16.6. The summed E-state index contributed by atoms with van der Waals surface area (Å²) in [5.41, 5.74) is 4.55. The highest BCUT2D eigenvalue weighted by molar-refractivity contribution is 5.96. The van der Waals surface area contributed by atoms with Crippen LogP contribution in [0.25, 0.3) is 16.8 Å². The number of aromatic nitrogens is 4. The Morgan fingerprint density at radius 1 is 1.12 bits per heavy atom. The van der Waals surface area contributed by atoms with Gasteiger partial charge >= 0.3 is 0 Å². The summed E-state index contributed by atoms with van der Waals surface area (Å²) in [6.07, 6.45) is 1.27. The van der Waals surface area contributed by atoms with E-state index in [-0.39, 0.29) is 11.7 Å². The molecule has 7 nitrogen and oxygen atoms in total.